The van der Waals surface area contributed by atoms with Crippen LogP contribution in [0.2, 0.25) is 5.02 Å². The van der Waals surface area contributed by atoms with Gasteiger partial charge in [0, 0.05) is 18.3 Å². The van der Waals surface area contributed by atoms with Gasteiger partial charge in [-0.15, -0.1) is 10.2 Å². The molecule has 136 valence electrons. The first-order chi connectivity index (χ1) is 12.5. The van der Waals surface area contributed by atoms with E-state index < -0.39 is 0 Å². The molecule has 1 aromatic carbocycles. The third kappa shape index (κ3) is 4.47. The molecule has 3 aromatic rings. The molecule has 0 radical (unpaired) electrons. The monoisotopic (exact) mass is 390 g/mol. The van der Waals surface area contributed by atoms with Gasteiger partial charge in [0.25, 0.3) is 0 Å². The van der Waals surface area contributed by atoms with E-state index in [-0.39, 0.29) is 11.2 Å². The number of carbonyl (C=O) groups is 1. The molecule has 0 aliphatic rings. The van der Waals surface area contributed by atoms with Crippen LogP contribution in [-0.4, -0.2) is 50.9 Å². The molecule has 6 nitrogen and oxygen atoms in total. The molecular formula is C18H19ClN4O2S. The largest absolute Gasteiger partial charge is 0.492 e. The number of pyridine rings is 1. The molecule has 0 bridgehead atoms. The number of rotatable bonds is 7. The lowest BCUT2D eigenvalue weighted by Gasteiger charge is -2.20. The average Bonchev–Trinajstić information content (AvgIpc) is 3.05. The van der Waals surface area contributed by atoms with E-state index in [1.165, 1.54) is 11.8 Å². The Hall–Kier alpha value is -2.25. The topological polar surface area (TPSA) is 59.7 Å². The van der Waals surface area contributed by atoms with Crippen molar-refractivity contribution in [2.24, 2.45) is 0 Å². The second-order valence-electron chi connectivity index (χ2n) is 5.73. The van der Waals surface area contributed by atoms with Gasteiger partial charge in [-0.3, -0.25) is 9.20 Å². The maximum atomic E-state index is 12.6. The van der Waals surface area contributed by atoms with Crippen LogP contribution in [0.25, 0.3) is 5.65 Å². The normalized spacial score (nSPS) is 12.1. The number of fused-ring (bicyclic) bond motifs is 1. The second-order valence-corrected chi connectivity index (χ2v) is 7.48. The van der Waals surface area contributed by atoms with Gasteiger partial charge in [-0.1, -0.05) is 29.4 Å². The van der Waals surface area contributed by atoms with Gasteiger partial charge in [0.15, 0.2) is 10.8 Å². The molecule has 0 spiro atoms. The van der Waals surface area contributed by atoms with Crippen molar-refractivity contribution in [3.05, 3.63) is 53.7 Å². The summed E-state index contributed by atoms with van der Waals surface area (Å²) in [6.45, 7) is 2.77. The zero-order chi connectivity index (χ0) is 18.5. The Morgan fingerprint density at radius 1 is 1.27 bits per heavy atom. The van der Waals surface area contributed by atoms with Gasteiger partial charge < -0.3 is 9.64 Å². The number of hydrogen-bond donors (Lipinski definition) is 0. The van der Waals surface area contributed by atoms with Crippen LogP contribution < -0.4 is 4.74 Å². The Balaban J connectivity index is 1.51. The minimum Gasteiger partial charge on any atom is -0.492 e. The maximum Gasteiger partial charge on any atom is 0.235 e. The standard InChI is InChI=1S/C18H19ClN4O2S/c1-13(26-18-21-20-16-5-3-4-10-23(16)18)17(24)22(2)11-12-25-15-8-6-14(19)7-9-15/h3-10,13H,11-12H2,1-2H3. The van der Waals surface area contributed by atoms with Crippen molar-refractivity contribution in [2.45, 2.75) is 17.3 Å². The fraction of sp³-hybridized carbons (Fsp3) is 0.278. The molecule has 8 heteroatoms. The fourth-order valence-electron chi connectivity index (χ4n) is 2.36. The van der Waals surface area contributed by atoms with Crippen LogP contribution >= 0.6 is 23.4 Å². The predicted molar refractivity (Wildman–Crippen MR) is 103 cm³/mol. The van der Waals surface area contributed by atoms with Crippen LogP contribution in [0.1, 0.15) is 6.92 Å². The van der Waals surface area contributed by atoms with Gasteiger partial charge in [-0.05, 0) is 43.3 Å². The number of benzene rings is 1. The van der Waals surface area contributed by atoms with E-state index in [1.54, 1.807) is 36.2 Å². The van der Waals surface area contributed by atoms with E-state index in [2.05, 4.69) is 10.2 Å². The first-order valence-corrected chi connectivity index (χ1v) is 9.40. The highest BCUT2D eigenvalue weighted by Crippen LogP contribution is 2.23. The number of hydrogen-bond acceptors (Lipinski definition) is 5. The smallest absolute Gasteiger partial charge is 0.235 e. The van der Waals surface area contributed by atoms with Crippen LogP contribution in [0.15, 0.2) is 53.8 Å². The lowest BCUT2D eigenvalue weighted by molar-refractivity contribution is -0.129. The number of nitrogens with zero attached hydrogens (tertiary/aromatic N) is 4. The highest BCUT2D eigenvalue weighted by Gasteiger charge is 2.21. The van der Waals surface area contributed by atoms with Gasteiger partial charge in [0.05, 0.1) is 11.8 Å². The molecule has 0 saturated heterocycles. The lowest BCUT2D eigenvalue weighted by Crippen LogP contribution is -2.36. The molecule has 0 aliphatic heterocycles. The summed E-state index contributed by atoms with van der Waals surface area (Å²) in [5, 5.41) is 9.35. The van der Waals surface area contributed by atoms with Crippen LogP contribution in [0.5, 0.6) is 5.75 Å². The Labute approximate surface area is 161 Å². The second kappa shape index (κ2) is 8.42. The van der Waals surface area contributed by atoms with E-state index in [1.807, 2.05) is 35.7 Å². The molecule has 0 saturated carbocycles. The van der Waals surface area contributed by atoms with E-state index >= 15 is 0 Å². The van der Waals surface area contributed by atoms with Crippen LogP contribution in [0.3, 0.4) is 0 Å². The van der Waals surface area contributed by atoms with E-state index in [9.17, 15) is 4.79 Å². The molecule has 1 unspecified atom stereocenters. The highest BCUT2D eigenvalue weighted by atomic mass is 35.5. The van der Waals surface area contributed by atoms with Crippen molar-refractivity contribution in [3.63, 3.8) is 0 Å². The summed E-state index contributed by atoms with van der Waals surface area (Å²) in [5.74, 6) is 0.745. The molecule has 3 rings (SSSR count). The van der Waals surface area contributed by atoms with Crippen LogP contribution in [-0.2, 0) is 4.79 Å². The molecule has 26 heavy (non-hydrogen) atoms. The quantitative estimate of drug-likeness (QED) is 0.578. The van der Waals surface area contributed by atoms with Crippen LogP contribution in [0, 0.1) is 0 Å². The summed E-state index contributed by atoms with van der Waals surface area (Å²) in [5.41, 5.74) is 0.763. The van der Waals surface area contributed by atoms with Crippen LogP contribution in [0.4, 0.5) is 0 Å². The van der Waals surface area contributed by atoms with Crippen molar-refractivity contribution < 1.29 is 9.53 Å². The van der Waals surface area contributed by atoms with Crippen molar-refractivity contribution in [3.8, 4) is 5.75 Å². The minimum atomic E-state index is -0.275. The van der Waals surface area contributed by atoms with Gasteiger partial charge >= 0.3 is 0 Å². The molecule has 1 atom stereocenters. The molecule has 0 fully saturated rings. The van der Waals surface area contributed by atoms with Gasteiger partial charge in [0.2, 0.25) is 5.91 Å². The number of carbonyl (C=O) groups excluding carboxylic acids is 1. The summed E-state index contributed by atoms with van der Waals surface area (Å²) in [4.78, 5) is 14.2. The first kappa shape index (κ1) is 18.5. The number of thioether (sulfide) groups is 1. The van der Waals surface area contributed by atoms with Gasteiger partial charge in [0.1, 0.15) is 12.4 Å². The van der Waals surface area contributed by atoms with Crippen molar-refractivity contribution in [2.75, 3.05) is 20.2 Å². The predicted octanol–water partition coefficient (Wildman–Crippen LogP) is 3.40. The summed E-state index contributed by atoms with van der Waals surface area (Å²) in [7, 11) is 1.77. The van der Waals surface area contributed by atoms with E-state index in [0.29, 0.717) is 23.3 Å². The van der Waals surface area contributed by atoms with E-state index in [4.69, 9.17) is 16.3 Å². The molecule has 0 N–H and O–H groups in total. The first-order valence-electron chi connectivity index (χ1n) is 8.14. The highest BCUT2D eigenvalue weighted by molar-refractivity contribution is 8.00. The zero-order valence-corrected chi connectivity index (χ0v) is 16.1. The maximum absolute atomic E-state index is 12.6. The Bertz CT molecular complexity index is 884. The summed E-state index contributed by atoms with van der Waals surface area (Å²) in [6.07, 6.45) is 1.89. The number of aromatic nitrogens is 3. The van der Waals surface area contributed by atoms with Crippen molar-refractivity contribution in [1.29, 1.82) is 0 Å². The van der Waals surface area contributed by atoms with Crippen molar-refractivity contribution >= 4 is 34.9 Å². The number of likely N-dealkylation sites (N-methyl/N-ethyl adjacent to an activating group) is 1. The summed E-state index contributed by atoms with van der Waals surface area (Å²) in [6, 6.07) is 12.8. The Kier molecular flexibility index (Phi) is 6.00. The van der Waals surface area contributed by atoms with E-state index in [0.717, 1.165) is 11.4 Å². The zero-order valence-electron chi connectivity index (χ0n) is 14.5. The summed E-state index contributed by atoms with van der Waals surface area (Å²) < 4.78 is 7.51. The number of ether oxygens (including phenoxy) is 1. The average molecular weight is 391 g/mol. The Morgan fingerprint density at radius 2 is 2.04 bits per heavy atom. The molecule has 1 amide bonds. The van der Waals surface area contributed by atoms with Gasteiger partial charge in [-0.2, -0.15) is 0 Å². The fourth-order valence-corrected chi connectivity index (χ4v) is 3.44. The Morgan fingerprint density at radius 3 is 2.81 bits per heavy atom. The summed E-state index contributed by atoms with van der Waals surface area (Å²) >= 11 is 7.24. The number of halogens is 1. The SMILES string of the molecule is CC(Sc1nnc2ccccn12)C(=O)N(C)CCOc1ccc(Cl)cc1. The molecule has 2 heterocycles. The van der Waals surface area contributed by atoms with Gasteiger partial charge in [-0.25, -0.2) is 0 Å². The molecule has 0 aliphatic carbocycles. The lowest BCUT2D eigenvalue weighted by atomic mass is 10.3. The van der Waals surface area contributed by atoms with Crippen molar-refractivity contribution in [1.82, 2.24) is 19.5 Å². The third-order valence-corrected chi connectivity index (χ3v) is 5.09. The molecule has 2 aromatic heterocycles. The minimum absolute atomic E-state index is 0.0161. The third-order valence-electron chi connectivity index (χ3n) is 3.80. The number of amides is 1. The molecular weight excluding hydrogens is 372 g/mol.